The molecule has 2 atom stereocenters. The Kier molecular flexibility index (Phi) is 4.56. The van der Waals surface area contributed by atoms with Crippen LogP contribution in [-0.2, 0) is 0 Å². The van der Waals surface area contributed by atoms with Gasteiger partial charge in [0.25, 0.3) is 0 Å². The summed E-state index contributed by atoms with van der Waals surface area (Å²) < 4.78 is 0. The Hall–Kier alpha value is -1.38. The lowest BCUT2D eigenvalue weighted by Gasteiger charge is -2.22. The van der Waals surface area contributed by atoms with Gasteiger partial charge in [-0.05, 0) is 43.5 Å². The second kappa shape index (κ2) is 6.18. The Balaban J connectivity index is 2.08. The summed E-state index contributed by atoms with van der Waals surface area (Å²) >= 11 is 5.81. The van der Waals surface area contributed by atoms with Crippen LogP contribution in [0, 0.1) is 6.92 Å². The van der Waals surface area contributed by atoms with Crippen LogP contribution >= 0.6 is 11.6 Å². The standard InChI is InChI=1S/C16H19ClN2/c1-11-6-4-5-7-15(11)13(3)19-12(2)14-8-9-16(17)18-10-14/h4-10,12-13,19H,1-3H3/t12-,13-/m0/s1. The summed E-state index contributed by atoms with van der Waals surface area (Å²) in [6.45, 7) is 6.46. The molecule has 0 saturated carbocycles. The largest absolute Gasteiger partial charge is 0.304 e. The molecule has 0 spiro atoms. The molecule has 0 aliphatic heterocycles. The quantitative estimate of drug-likeness (QED) is 0.833. The molecule has 1 aromatic carbocycles. The predicted octanol–water partition coefficient (Wildman–Crippen LogP) is 4.46. The highest BCUT2D eigenvalue weighted by atomic mass is 35.5. The number of nitrogens with one attached hydrogen (secondary N) is 1. The third-order valence-electron chi connectivity index (χ3n) is 3.41. The van der Waals surface area contributed by atoms with Gasteiger partial charge in [-0.25, -0.2) is 4.98 Å². The van der Waals surface area contributed by atoms with Crippen LogP contribution in [-0.4, -0.2) is 4.98 Å². The lowest BCUT2D eigenvalue weighted by molar-refractivity contribution is 0.492. The van der Waals surface area contributed by atoms with Gasteiger partial charge < -0.3 is 5.32 Å². The van der Waals surface area contributed by atoms with Gasteiger partial charge in [0.15, 0.2) is 0 Å². The summed E-state index contributed by atoms with van der Waals surface area (Å²) in [5.41, 5.74) is 3.78. The van der Waals surface area contributed by atoms with Crippen LogP contribution in [0.2, 0.25) is 5.15 Å². The normalized spacial score (nSPS) is 14.1. The average Bonchev–Trinajstić information content (AvgIpc) is 2.39. The molecule has 2 nitrogen and oxygen atoms in total. The Bertz CT molecular complexity index is 537. The zero-order valence-electron chi connectivity index (χ0n) is 11.5. The van der Waals surface area contributed by atoms with E-state index in [1.54, 1.807) is 0 Å². The summed E-state index contributed by atoms with van der Waals surface area (Å²) in [5, 5.41) is 4.12. The maximum Gasteiger partial charge on any atom is 0.129 e. The topological polar surface area (TPSA) is 24.9 Å². The SMILES string of the molecule is Cc1ccccc1[C@H](C)N[C@@H](C)c1ccc(Cl)nc1. The van der Waals surface area contributed by atoms with E-state index in [0.717, 1.165) is 5.56 Å². The highest BCUT2D eigenvalue weighted by Gasteiger charge is 2.12. The Labute approximate surface area is 119 Å². The van der Waals surface area contributed by atoms with E-state index in [-0.39, 0.29) is 6.04 Å². The minimum atomic E-state index is 0.236. The van der Waals surface area contributed by atoms with Crippen LogP contribution in [0.3, 0.4) is 0 Å². The van der Waals surface area contributed by atoms with Crippen molar-refractivity contribution in [2.75, 3.05) is 0 Å². The first-order valence-electron chi connectivity index (χ1n) is 6.51. The summed E-state index contributed by atoms with van der Waals surface area (Å²) in [4.78, 5) is 4.12. The second-order valence-corrected chi connectivity index (χ2v) is 5.27. The number of rotatable bonds is 4. The van der Waals surface area contributed by atoms with E-state index >= 15 is 0 Å². The van der Waals surface area contributed by atoms with Gasteiger partial charge in [0.05, 0.1) is 0 Å². The molecule has 0 saturated heterocycles. The van der Waals surface area contributed by atoms with E-state index in [2.05, 4.69) is 55.3 Å². The van der Waals surface area contributed by atoms with Gasteiger partial charge in [-0.2, -0.15) is 0 Å². The highest BCUT2D eigenvalue weighted by Crippen LogP contribution is 2.21. The number of aromatic nitrogens is 1. The van der Waals surface area contributed by atoms with Crippen molar-refractivity contribution in [2.45, 2.75) is 32.9 Å². The van der Waals surface area contributed by atoms with Crippen LogP contribution in [0.1, 0.15) is 42.6 Å². The van der Waals surface area contributed by atoms with Crippen molar-refractivity contribution in [3.05, 3.63) is 64.4 Å². The molecule has 0 fully saturated rings. The average molecular weight is 275 g/mol. The molecule has 3 heteroatoms. The molecule has 0 aliphatic rings. The third-order valence-corrected chi connectivity index (χ3v) is 3.63. The van der Waals surface area contributed by atoms with Gasteiger partial charge in [0.2, 0.25) is 0 Å². The Morgan fingerprint density at radius 1 is 1.05 bits per heavy atom. The molecule has 0 radical (unpaired) electrons. The summed E-state index contributed by atoms with van der Waals surface area (Å²) in [5.74, 6) is 0. The fraction of sp³-hybridized carbons (Fsp3) is 0.312. The van der Waals surface area contributed by atoms with Crippen molar-refractivity contribution >= 4 is 11.6 Å². The van der Waals surface area contributed by atoms with Crippen LogP contribution in [0.5, 0.6) is 0 Å². The summed E-state index contributed by atoms with van der Waals surface area (Å²) in [6, 6.07) is 12.8. The van der Waals surface area contributed by atoms with Crippen molar-refractivity contribution in [3.8, 4) is 0 Å². The number of benzene rings is 1. The van der Waals surface area contributed by atoms with Crippen molar-refractivity contribution in [1.29, 1.82) is 0 Å². The van der Waals surface area contributed by atoms with E-state index < -0.39 is 0 Å². The molecule has 1 aromatic heterocycles. The Morgan fingerprint density at radius 2 is 1.79 bits per heavy atom. The summed E-state index contributed by atoms with van der Waals surface area (Å²) in [6.07, 6.45) is 1.82. The number of pyridine rings is 1. The van der Waals surface area contributed by atoms with E-state index in [1.165, 1.54) is 11.1 Å². The molecule has 1 N–H and O–H groups in total. The number of halogens is 1. The molecular formula is C16H19ClN2. The second-order valence-electron chi connectivity index (χ2n) is 4.88. The van der Waals surface area contributed by atoms with E-state index in [0.29, 0.717) is 11.2 Å². The maximum atomic E-state index is 5.81. The van der Waals surface area contributed by atoms with Gasteiger partial charge in [-0.1, -0.05) is 41.9 Å². The zero-order valence-corrected chi connectivity index (χ0v) is 12.3. The monoisotopic (exact) mass is 274 g/mol. The van der Waals surface area contributed by atoms with Crippen LogP contribution in [0.25, 0.3) is 0 Å². The van der Waals surface area contributed by atoms with Crippen LogP contribution < -0.4 is 5.32 Å². The highest BCUT2D eigenvalue weighted by molar-refractivity contribution is 6.29. The third kappa shape index (κ3) is 3.55. The predicted molar refractivity (Wildman–Crippen MR) is 80.4 cm³/mol. The molecule has 0 aliphatic carbocycles. The molecule has 0 amide bonds. The maximum absolute atomic E-state index is 5.81. The van der Waals surface area contributed by atoms with Gasteiger partial charge >= 0.3 is 0 Å². The van der Waals surface area contributed by atoms with Gasteiger partial charge in [-0.15, -0.1) is 0 Å². The first-order valence-corrected chi connectivity index (χ1v) is 6.88. The molecule has 100 valence electrons. The smallest absolute Gasteiger partial charge is 0.129 e. The number of aryl methyl sites for hydroxylation is 1. The first kappa shape index (κ1) is 14.0. The molecule has 0 unspecified atom stereocenters. The molecular weight excluding hydrogens is 256 g/mol. The van der Waals surface area contributed by atoms with Crippen molar-refractivity contribution in [3.63, 3.8) is 0 Å². The van der Waals surface area contributed by atoms with Crippen LogP contribution in [0.15, 0.2) is 42.6 Å². The van der Waals surface area contributed by atoms with Gasteiger partial charge in [0.1, 0.15) is 5.15 Å². The van der Waals surface area contributed by atoms with Gasteiger partial charge in [0, 0.05) is 18.3 Å². The molecule has 1 heterocycles. The molecule has 0 bridgehead atoms. The summed E-state index contributed by atoms with van der Waals surface area (Å²) in [7, 11) is 0. The molecule has 2 rings (SSSR count). The van der Waals surface area contributed by atoms with E-state index in [1.807, 2.05) is 18.3 Å². The Morgan fingerprint density at radius 3 is 2.42 bits per heavy atom. The molecule has 19 heavy (non-hydrogen) atoms. The number of nitrogens with zero attached hydrogens (tertiary/aromatic N) is 1. The fourth-order valence-electron chi connectivity index (χ4n) is 2.28. The van der Waals surface area contributed by atoms with Gasteiger partial charge in [-0.3, -0.25) is 0 Å². The van der Waals surface area contributed by atoms with E-state index in [9.17, 15) is 0 Å². The lowest BCUT2D eigenvalue weighted by Crippen LogP contribution is -2.23. The fourth-order valence-corrected chi connectivity index (χ4v) is 2.39. The minimum absolute atomic E-state index is 0.236. The van der Waals surface area contributed by atoms with Crippen molar-refractivity contribution in [1.82, 2.24) is 10.3 Å². The number of hydrogen-bond acceptors (Lipinski definition) is 2. The first-order chi connectivity index (χ1) is 9.08. The van der Waals surface area contributed by atoms with Crippen molar-refractivity contribution < 1.29 is 0 Å². The number of hydrogen-bond donors (Lipinski definition) is 1. The molecule has 2 aromatic rings. The zero-order chi connectivity index (χ0) is 13.8. The van der Waals surface area contributed by atoms with Crippen molar-refractivity contribution in [2.24, 2.45) is 0 Å². The minimum Gasteiger partial charge on any atom is -0.304 e. The van der Waals surface area contributed by atoms with E-state index in [4.69, 9.17) is 11.6 Å². The van der Waals surface area contributed by atoms with Crippen LogP contribution in [0.4, 0.5) is 0 Å². The lowest BCUT2D eigenvalue weighted by atomic mass is 10.0.